The smallest absolute Gasteiger partial charge is 0.220 e. The lowest BCUT2D eigenvalue weighted by Gasteiger charge is -2.29. The third-order valence-electron chi connectivity index (χ3n) is 4.74. The molecule has 25 heavy (non-hydrogen) atoms. The van der Waals surface area contributed by atoms with Crippen molar-refractivity contribution >= 4 is 17.4 Å². The molecule has 0 bridgehead atoms. The lowest BCUT2D eigenvalue weighted by atomic mass is 10.1. The van der Waals surface area contributed by atoms with Gasteiger partial charge in [-0.15, -0.1) is 0 Å². The van der Waals surface area contributed by atoms with Crippen LogP contribution < -0.4 is 15.8 Å². The van der Waals surface area contributed by atoms with E-state index in [1.807, 2.05) is 18.3 Å². The first kappa shape index (κ1) is 17.9. The number of hydrogen-bond donors (Lipinski definition) is 2. The van der Waals surface area contributed by atoms with Crippen LogP contribution in [0.4, 0.5) is 11.5 Å². The van der Waals surface area contributed by atoms with Crippen LogP contribution in [-0.4, -0.2) is 56.4 Å². The Morgan fingerprint density at radius 3 is 2.68 bits per heavy atom. The van der Waals surface area contributed by atoms with Gasteiger partial charge in [0.1, 0.15) is 12.4 Å². The van der Waals surface area contributed by atoms with E-state index in [0.717, 1.165) is 55.2 Å². The molecule has 2 aliphatic heterocycles. The molecule has 0 amide bonds. The Hall–Kier alpha value is -1.86. The van der Waals surface area contributed by atoms with Crippen LogP contribution in [0.25, 0.3) is 0 Å². The summed E-state index contributed by atoms with van der Waals surface area (Å²) in [7, 11) is 1.91. The van der Waals surface area contributed by atoms with Crippen LogP contribution >= 0.6 is 0 Å². The second-order valence-corrected chi connectivity index (χ2v) is 6.59. The first-order valence-electron chi connectivity index (χ1n) is 9.13. The molecule has 0 radical (unpaired) electrons. The Bertz CT molecular complexity index is 624. The molecule has 1 aromatic rings. The average Bonchev–Trinajstić information content (AvgIpc) is 3.06. The molecule has 7 heteroatoms. The summed E-state index contributed by atoms with van der Waals surface area (Å²) >= 11 is 0. The second-order valence-electron chi connectivity index (χ2n) is 6.59. The van der Waals surface area contributed by atoms with E-state index in [0.29, 0.717) is 18.5 Å². The fourth-order valence-electron chi connectivity index (χ4n) is 3.30. The highest BCUT2D eigenvalue weighted by Crippen LogP contribution is 2.31. The zero-order valence-electron chi connectivity index (χ0n) is 15.6. The van der Waals surface area contributed by atoms with E-state index in [1.54, 1.807) is 0 Å². The number of nitrogens with zero attached hydrogens (tertiary/aromatic N) is 3. The number of anilines is 2. The zero-order chi connectivity index (χ0) is 17.8. The summed E-state index contributed by atoms with van der Waals surface area (Å²) in [6.07, 6.45) is 3.88. The normalized spacial score (nSPS) is 21.0. The Morgan fingerprint density at radius 1 is 1.32 bits per heavy atom. The van der Waals surface area contributed by atoms with Gasteiger partial charge < -0.3 is 14.8 Å². The van der Waals surface area contributed by atoms with Crippen molar-refractivity contribution in [2.24, 2.45) is 4.99 Å². The molecule has 0 aromatic carbocycles. The molecule has 0 aliphatic carbocycles. The summed E-state index contributed by atoms with van der Waals surface area (Å²) in [6.45, 7) is 9.33. The maximum Gasteiger partial charge on any atom is 0.220 e. The number of nitrogens with one attached hydrogen (secondary N) is 2. The molecule has 2 N–H and O–H groups in total. The van der Waals surface area contributed by atoms with Gasteiger partial charge in [-0.25, -0.2) is 15.4 Å². The number of hydrazine groups is 1. The predicted octanol–water partition coefficient (Wildman–Crippen LogP) is 2.11. The molecule has 0 spiro atoms. The second kappa shape index (κ2) is 8.01. The first-order chi connectivity index (χ1) is 12.1. The van der Waals surface area contributed by atoms with Gasteiger partial charge in [-0.3, -0.25) is 5.01 Å². The summed E-state index contributed by atoms with van der Waals surface area (Å²) in [5, 5.41) is 5.75. The maximum atomic E-state index is 5.81. The van der Waals surface area contributed by atoms with E-state index in [1.165, 1.54) is 0 Å². The molecule has 1 aromatic heterocycles. The maximum absolute atomic E-state index is 5.81. The number of hydrogen-bond acceptors (Lipinski definition) is 7. The van der Waals surface area contributed by atoms with Gasteiger partial charge >= 0.3 is 0 Å². The predicted molar refractivity (Wildman–Crippen MR) is 100 cm³/mol. The molecule has 7 nitrogen and oxygen atoms in total. The lowest BCUT2D eigenvalue weighted by Crippen LogP contribution is -2.36. The molecule has 0 saturated carbocycles. The summed E-state index contributed by atoms with van der Waals surface area (Å²) in [5.74, 6) is 1.62. The van der Waals surface area contributed by atoms with E-state index < -0.39 is 0 Å². The van der Waals surface area contributed by atoms with Gasteiger partial charge in [0, 0.05) is 44.6 Å². The number of aromatic nitrogens is 1. The van der Waals surface area contributed by atoms with Crippen molar-refractivity contribution in [1.29, 1.82) is 0 Å². The molecule has 3 heterocycles. The van der Waals surface area contributed by atoms with E-state index in [9.17, 15) is 0 Å². The van der Waals surface area contributed by atoms with Gasteiger partial charge in [-0.2, -0.15) is 0 Å². The highest BCUT2D eigenvalue weighted by atomic mass is 16.5. The highest BCUT2D eigenvalue weighted by Gasteiger charge is 2.25. The van der Waals surface area contributed by atoms with Crippen molar-refractivity contribution in [2.75, 3.05) is 43.7 Å². The molecule has 1 saturated heterocycles. The van der Waals surface area contributed by atoms with Crippen LogP contribution in [-0.2, 0) is 9.47 Å². The van der Waals surface area contributed by atoms with Crippen LogP contribution in [0.2, 0.25) is 0 Å². The summed E-state index contributed by atoms with van der Waals surface area (Å²) in [5.41, 5.74) is 6.32. The lowest BCUT2D eigenvalue weighted by molar-refractivity contribution is 0.0904. The zero-order valence-corrected chi connectivity index (χ0v) is 15.6. The van der Waals surface area contributed by atoms with Gasteiger partial charge in [-0.05, 0) is 33.6 Å². The highest BCUT2D eigenvalue weighted by molar-refractivity contribution is 6.01. The molecule has 138 valence electrons. The van der Waals surface area contributed by atoms with Crippen molar-refractivity contribution in [3.8, 4) is 0 Å². The molecule has 1 unspecified atom stereocenters. The Labute approximate surface area is 149 Å². The van der Waals surface area contributed by atoms with Crippen LogP contribution in [0.1, 0.15) is 37.8 Å². The van der Waals surface area contributed by atoms with Gasteiger partial charge in [0.2, 0.25) is 5.90 Å². The minimum Gasteiger partial charge on any atom is -0.475 e. The number of rotatable bonds is 6. The summed E-state index contributed by atoms with van der Waals surface area (Å²) < 4.78 is 11.3. The Kier molecular flexibility index (Phi) is 5.75. The fraction of sp³-hybridized carbons (Fsp3) is 0.667. The van der Waals surface area contributed by atoms with Crippen molar-refractivity contribution in [3.63, 3.8) is 0 Å². The molecule has 2 aliphatic rings. The fourth-order valence-corrected chi connectivity index (χ4v) is 3.30. The van der Waals surface area contributed by atoms with E-state index in [2.05, 4.69) is 41.5 Å². The van der Waals surface area contributed by atoms with Gasteiger partial charge in [-0.1, -0.05) is 0 Å². The van der Waals surface area contributed by atoms with Crippen LogP contribution in [0.3, 0.4) is 0 Å². The summed E-state index contributed by atoms with van der Waals surface area (Å²) in [4.78, 5) is 9.31. The van der Waals surface area contributed by atoms with Gasteiger partial charge in [0.05, 0.1) is 17.3 Å². The largest absolute Gasteiger partial charge is 0.475 e. The third kappa shape index (κ3) is 3.88. The molecule has 1 fully saturated rings. The SMILES string of the molecule is CCN(NC)c1ncc(C2=NC(C)CO2)c(NC2CCOCC2)c1C. The minimum absolute atomic E-state index is 0.190. The Morgan fingerprint density at radius 2 is 2.08 bits per heavy atom. The molecular weight excluding hydrogens is 318 g/mol. The van der Waals surface area contributed by atoms with Crippen LogP contribution in [0.5, 0.6) is 0 Å². The summed E-state index contributed by atoms with van der Waals surface area (Å²) in [6, 6.07) is 0.584. The molecular formula is C18H29N5O2. The topological polar surface area (TPSA) is 71.0 Å². The van der Waals surface area contributed by atoms with Crippen molar-refractivity contribution in [1.82, 2.24) is 10.4 Å². The third-order valence-corrected chi connectivity index (χ3v) is 4.74. The first-order valence-corrected chi connectivity index (χ1v) is 9.13. The molecule has 1 atom stereocenters. The van der Waals surface area contributed by atoms with Crippen LogP contribution in [0, 0.1) is 6.92 Å². The average molecular weight is 347 g/mol. The van der Waals surface area contributed by atoms with Crippen molar-refractivity contribution < 1.29 is 9.47 Å². The van der Waals surface area contributed by atoms with E-state index in [-0.39, 0.29) is 6.04 Å². The van der Waals surface area contributed by atoms with Crippen LogP contribution in [0.15, 0.2) is 11.2 Å². The number of pyridine rings is 1. The minimum atomic E-state index is 0.190. The van der Waals surface area contributed by atoms with Gasteiger partial charge in [0.25, 0.3) is 0 Å². The number of aliphatic imine (C=N–C) groups is 1. The van der Waals surface area contributed by atoms with E-state index >= 15 is 0 Å². The van der Waals surface area contributed by atoms with Crippen molar-refractivity contribution in [3.05, 3.63) is 17.3 Å². The van der Waals surface area contributed by atoms with E-state index in [4.69, 9.17) is 9.47 Å². The van der Waals surface area contributed by atoms with Gasteiger partial charge in [0.15, 0.2) is 0 Å². The Balaban J connectivity index is 1.99. The monoisotopic (exact) mass is 347 g/mol. The standard InChI is InChI=1S/C18H29N5O2/c1-5-23(19-4)17-13(3)16(22-14-6-8-24-9-7-14)15(10-20-17)18-21-12(2)11-25-18/h10,12,14,19H,5-9,11H2,1-4H3,(H,20,22). The quantitative estimate of drug-likeness (QED) is 0.768. The van der Waals surface area contributed by atoms with Crippen molar-refractivity contribution in [2.45, 2.75) is 45.7 Å². The molecule has 3 rings (SSSR count). The number of ether oxygens (including phenoxy) is 2.